The molecule has 2 rings (SSSR count). The molecule has 0 fully saturated rings. The molecule has 1 aliphatic heterocycles. The van der Waals surface area contributed by atoms with Crippen LogP contribution in [0.15, 0.2) is 47.3 Å². The molecule has 0 spiro atoms. The monoisotopic (exact) mass is 292 g/mol. The Morgan fingerprint density at radius 2 is 2.38 bits per heavy atom. The van der Waals surface area contributed by atoms with E-state index in [-0.39, 0.29) is 18.1 Å². The molecule has 0 bridgehead atoms. The SMILES string of the molecule is O=[N+]([O-])c1ccc(N/N=C\[C@H]2C=C(CO)OC=C2O)nc1. The number of allylic oxidation sites excluding steroid dienone is 1. The molecule has 0 saturated heterocycles. The van der Waals surface area contributed by atoms with Crippen LogP contribution in [0.2, 0.25) is 0 Å². The molecule has 1 aromatic heterocycles. The van der Waals surface area contributed by atoms with E-state index in [0.717, 1.165) is 12.5 Å². The van der Waals surface area contributed by atoms with Crippen molar-refractivity contribution in [1.29, 1.82) is 0 Å². The summed E-state index contributed by atoms with van der Waals surface area (Å²) in [6.07, 6.45) is 5.11. The lowest BCUT2D eigenvalue weighted by atomic mass is 10.1. The van der Waals surface area contributed by atoms with Crippen LogP contribution in [-0.2, 0) is 4.74 Å². The highest BCUT2D eigenvalue weighted by atomic mass is 16.6. The third kappa shape index (κ3) is 3.76. The molecule has 9 nitrogen and oxygen atoms in total. The van der Waals surface area contributed by atoms with Gasteiger partial charge in [-0.05, 0) is 12.1 Å². The molecule has 0 radical (unpaired) electrons. The molecule has 0 aromatic carbocycles. The first-order chi connectivity index (χ1) is 10.1. The average Bonchev–Trinajstić information content (AvgIpc) is 2.49. The van der Waals surface area contributed by atoms with E-state index in [0.29, 0.717) is 11.6 Å². The first-order valence-electron chi connectivity index (χ1n) is 5.87. The van der Waals surface area contributed by atoms with Gasteiger partial charge in [0.1, 0.15) is 36.4 Å². The summed E-state index contributed by atoms with van der Waals surface area (Å²) < 4.78 is 4.91. The smallest absolute Gasteiger partial charge is 0.287 e. The van der Waals surface area contributed by atoms with Gasteiger partial charge in [-0.1, -0.05) is 0 Å². The van der Waals surface area contributed by atoms with Crippen LogP contribution in [-0.4, -0.2) is 32.9 Å². The van der Waals surface area contributed by atoms with Gasteiger partial charge in [-0.25, -0.2) is 4.98 Å². The van der Waals surface area contributed by atoms with Crippen molar-refractivity contribution in [2.24, 2.45) is 11.0 Å². The standard InChI is InChI=1S/C12H12N4O5/c17-6-10-3-8(11(18)7-21-10)4-14-15-12-2-1-9(5-13-12)16(19)20/h1-5,7-8,17-18H,6H2,(H,13,15)/b14-4-/t8-/m1/s1. The number of hydrogen-bond acceptors (Lipinski definition) is 8. The van der Waals surface area contributed by atoms with Crippen molar-refractivity contribution >= 4 is 17.7 Å². The minimum Gasteiger partial charge on any atom is -0.508 e. The highest BCUT2D eigenvalue weighted by Gasteiger charge is 2.15. The van der Waals surface area contributed by atoms with Crippen LogP contribution < -0.4 is 5.43 Å². The largest absolute Gasteiger partial charge is 0.508 e. The minimum absolute atomic E-state index is 0.0607. The summed E-state index contributed by atoms with van der Waals surface area (Å²) in [5.41, 5.74) is 2.46. The lowest BCUT2D eigenvalue weighted by Gasteiger charge is -2.14. The number of nitrogens with one attached hydrogen (secondary N) is 1. The summed E-state index contributed by atoms with van der Waals surface area (Å²) in [4.78, 5) is 13.7. The van der Waals surface area contributed by atoms with E-state index in [9.17, 15) is 15.2 Å². The Labute approximate surface area is 119 Å². The van der Waals surface area contributed by atoms with Crippen LogP contribution >= 0.6 is 0 Å². The van der Waals surface area contributed by atoms with Crippen LogP contribution in [0.4, 0.5) is 11.5 Å². The zero-order valence-electron chi connectivity index (χ0n) is 10.7. The van der Waals surface area contributed by atoms with E-state index in [2.05, 4.69) is 15.5 Å². The van der Waals surface area contributed by atoms with Gasteiger partial charge in [0.25, 0.3) is 5.69 Å². The molecule has 9 heteroatoms. The molecule has 21 heavy (non-hydrogen) atoms. The summed E-state index contributed by atoms with van der Waals surface area (Å²) in [5, 5.41) is 32.9. The van der Waals surface area contributed by atoms with Crippen LogP contribution in [0.5, 0.6) is 0 Å². The van der Waals surface area contributed by atoms with Crippen molar-refractivity contribution < 1.29 is 19.9 Å². The van der Waals surface area contributed by atoms with Crippen LogP contribution in [0.3, 0.4) is 0 Å². The molecular formula is C12H12N4O5. The van der Waals surface area contributed by atoms with Crippen molar-refractivity contribution in [3.05, 3.63) is 52.3 Å². The first-order valence-corrected chi connectivity index (χ1v) is 5.87. The summed E-state index contributed by atoms with van der Waals surface area (Å²) in [6, 6.07) is 2.70. The Bertz CT molecular complexity index is 609. The Kier molecular flexibility index (Phi) is 4.46. The molecule has 110 valence electrons. The second-order valence-electron chi connectivity index (χ2n) is 4.03. The number of aliphatic hydroxyl groups is 2. The number of aliphatic hydroxyl groups excluding tert-OH is 2. The second-order valence-corrected chi connectivity index (χ2v) is 4.03. The van der Waals surface area contributed by atoms with Crippen molar-refractivity contribution in [3.63, 3.8) is 0 Å². The topological polar surface area (TPSA) is 130 Å². The van der Waals surface area contributed by atoms with Crippen molar-refractivity contribution in [2.75, 3.05) is 12.0 Å². The fourth-order valence-electron chi connectivity index (χ4n) is 1.49. The Hall–Kier alpha value is -2.94. The first kappa shape index (κ1) is 14.5. The van der Waals surface area contributed by atoms with Gasteiger partial charge < -0.3 is 14.9 Å². The van der Waals surface area contributed by atoms with Gasteiger partial charge in [-0.2, -0.15) is 5.10 Å². The van der Waals surface area contributed by atoms with Gasteiger partial charge in [0, 0.05) is 12.3 Å². The van der Waals surface area contributed by atoms with Crippen molar-refractivity contribution in [2.45, 2.75) is 0 Å². The molecular weight excluding hydrogens is 280 g/mol. The number of nitrogens with zero attached hydrogens (tertiary/aromatic N) is 3. The van der Waals surface area contributed by atoms with E-state index >= 15 is 0 Å². The van der Waals surface area contributed by atoms with Gasteiger partial charge in [0.15, 0.2) is 0 Å². The number of pyridine rings is 1. The fourth-order valence-corrected chi connectivity index (χ4v) is 1.49. The maximum atomic E-state index is 10.5. The quantitative estimate of drug-likeness (QED) is 0.423. The van der Waals surface area contributed by atoms with Crippen LogP contribution in [0, 0.1) is 16.0 Å². The molecule has 0 amide bonds. The van der Waals surface area contributed by atoms with Gasteiger partial charge in [0.2, 0.25) is 0 Å². The fraction of sp³-hybridized carbons (Fsp3) is 0.167. The normalized spacial score (nSPS) is 17.9. The van der Waals surface area contributed by atoms with E-state index in [4.69, 9.17) is 9.84 Å². The highest BCUT2D eigenvalue weighted by molar-refractivity contribution is 5.68. The molecule has 0 unspecified atom stereocenters. The number of hydrogen-bond donors (Lipinski definition) is 3. The Morgan fingerprint density at radius 1 is 1.57 bits per heavy atom. The zero-order chi connectivity index (χ0) is 15.2. The molecule has 0 saturated carbocycles. The molecule has 0 aliphatic carbocycles. The van der Waals surface area contributed by atoms with Crippen molar-refractivity contribution in [1.82, 2.24) is 4.98 Å². The second kappa shape index (κ2) is 6.48. The lowest BCUT2D eigenvalue weighted by molar-refractivity contribution is -0.385. The summed E-state index contributed by atoms with van der Waals surface area (Å²) in [7, 11) is 0. The molecule has 3 N–H and O–H groups in total. The van der Waals surface area contributed by atoms with Gasteiger partial charge in [0.05, 0.1) is 10.8 Å². The third-order valence-electron chi connectivity index (χ3n) is 2.57. The van der Waals surface area contributed by atoms with Gasteiger partial charge >= 0.3 is 0 Å². The number of nitro groups is 1. The van der Waals surface area contributed by atoms with Crippen LogP contribution in [0.25, 0.3) is 0 Å². The van der Waals surface area contributed by atoms with Gasteiger partial charge in [-0.3, -0.25) is 15.5 Å². The summed E-state index contributed by atoms with van der Waals surface area (Å²) >= 11 is 0. The van der Waals surface area contributed by atoms with E-state index in [1.807, 2.05) is 0 Å². The van der Waals surface area contributed by atoms with E-state index in [1.165, 1.54) is 24.4 Å². The molecule has 2 heterocycles. The summed E-state index contributed by atoms with van der Waals surface area (Å²) in [6.45, 7) is -0.286. The van der Waals surface area contributed by atoms with E-state index < -0.39 is 10.8 Å². The Morgan fingerprint density at radius 3 is 3.00 bits per heavy atom. The van der Waals surface area contributed by atoms with Gasteiger partial charge in [-0.15, -0.1) is 0 Å². The third-order valence-corrected chi connectivity index (χ3v) is 2.57. The molecule has 1 aromatic rings. The summed E-state index contributed by atoms with van der Waals surface area (Å²) in [5.74, 6) is 0.0253. The zero-order valence-corrected chi connectivity index (χ0v) is 10.7. The predicted molar refractivity (Wildman–Crippen MR) is 73.5 cm³/mol. The number of ether oxygens (including phenoxy) is 1. The number of hydrazone groups is 1. The maximum Gasteiger partial charge on any atom is 0.287 e. The maximum absolute atomic E-state index is 10.5. The number of anilines is 1. The number of aromatic nitrogens is 1. The molecule has 1 aliphatic rings. The highest BCUT2D eigenvalue weighted by Crippen LogP contribution is 2.18. The predicted octanol–water partition coefficient (Wildman–Crippen LogP) is 1.31. The van der Waals surface area contributed by atoms with Crippen LogP contribution in [0.1, 0.15) is 0 Å². The lowest BCUT2D eigenvalue weighted by Crippen LogP contribution is -2.11. The average molecular weight is 292 g/mol. The number of rotatable bonds is 5. The Balaban J connectivity index is 1.98. The van der Waals surface area contributed by atoms with E-state index in [1.54, 1.807) is 0 Å². The van der Waals surface area contributed by atoms with Crippen molar-refractivity contribution in [3.8, 4) is 0 Å². The minimum atomic E-state index is -0.549. The molecule has 1 atom stereocenters.